The predicted octanol–water partition coefficient (Wildman–Crippen LogP) is 2.22. The number of carbonyl (C=O) groups is 3. The van der Waals surface area contributed by atoms with Crippen LogP contribution >= 0.6 is 0 Å². The number of rotatable bonds is 5. The fraction of sp³-hybridized carbons (Fsp3) is 0.667. The van der Waals surface area contributed by atoms with Gasteiger partial charge in [-0.25, -0.2) is 4.79 Å². The van der Waals surface area contributed by atoms with E-state index in [9.17, 15) is 14.4 Å². The zero-order chi connectivity index (χ0) is 25.1. The maximum absolute atomic E-state index is 13.0. The molecule has 0 radical (unpaired) electrons. The average molecular weight is 497 g/mol. The van der Waals surface area contributed by atoms with Crippen LogP contribution in [0, 0.1) is 0 Å². The van der Waals surface area contributed by atoms with Crippen LogP contribution in [0.4, 0.5) is 10.5 Å². The lowest BCUT2D eigenvalue weighted by Crippen LogP contribution is -2.54. The molecular weight excluding hydrogens is 456 g/mol. The van der Waals surface area contributed by atoms with Crippen LogP contribution in [-0.2, 0) is 16.1 Å². The van der Waals surface area contributed by atoms with Gasteiger partial charge in [-0.3, -0.25) is 9.59 Å². The topological polar surface area (TPSA) is 102 Å². The molecule has 36 heavy (non-hydrogen) atoms. The highest BCUT2D eigenvalue weighted by atomic mass is 16.2. The highest BCUT2D eigenvalue weighted by molar-refractivity contribution is 5.92. The molecule has 0 spiro atoms. The Morgan fingerprint density at radius 1 is 0.889 bits per heavy atom. The Hall–Kier alpha value is -2.65. The maximum Gasteiger partial charge on any atom is 0.322 e. The summed E-state index contributed by atoms with van der Waals surface area (Å²) in [5, 5.41) is 2.98. The molecule has 1 aromatic rings. The molecule has 3 N–H and O–H groups in total. The Balaban J connectivity index is 1.06. The molecule has 4 heterocycles. The summed E-state index contributed by atoms with van der Waals surface area (Å²) in [6, 6.07) is 7.68. The second kappa shape index (κ2) is 11.2. The second-order valence-corrected chi connectivity index (χ2v) is 10.8. The molecule has 0 bridgehead atoms. The Labute approximate surface area is 213 Å². The van der Waals surface area contributed by atoms with Gasteiger partial charge in [0.1, 0.15) is 0 Å². The van der Waals surface area contributed by atoms with Crippen molar-refractivity contribution in [3.8, 4) is 0 Å². The largest absolute Gasteiger partial charge is 0.342 e. The van der Waals surface area contributed by atoms with Crippen molar-refractivity contribution in [1.82, 2.24) is 19.6 Å². The van der Waals surface area contributed by atoms with Gasteiger partial charge in [0.2, 0.25) is 11.8 Å². The quantitative estimate of drug-likeness (QED) is 0.651. The first-order chi connectivity index (χ1) is 17.5. The molecule has 9 heteroatoms. The van der Waals surface area contributed by atoms with E-state index in [1.54, 1.807) is 0 Å². The van der Waals surface area contributed by atoms with E-state index in [2.05, 4.69) is 10.2 Å². The minimum absolute atomic E-state index is 0.0487. The number of benzene rings is 1. The fourth-order valence-electron chi connectivity index (χ4n) is 6.32. The van der Waals surface area contributed by atoms with Crippen LogP contribution in [-0.4, -0.2) is 94.8 Å². The predicted molar refractivity (Wildman–Crippen MR) is 138 cm³/mol. The van der Waals surface area contributed by atoms with Crippen LogP contribution in [0.25, 0.3) is 0 Å². The monoisotopic (exact) mass is 496 g/mol. The summed E-state index contributed by atoms with van der Waals surface area (Å²) in [5.41, 5.74) is 8.22. The molecule has 0 saturated carbocycles. The zero-order valence-corrected chi connectivity index (χ0v) is 21.2. The SMILES string of the molecule is NC(CC(=O)N1CCC(N2Cc3ccccc3NC2=O)CC1)C(=O)N1CCC(N2CCCCC2)CC1. The van der Waals surface area contributed by atoms with Crippen molar-refractivity contribution in [3.63, 3.8) is 0 Å². The van der Waals surface area contributed by atoms with Crippen molar-refractivity contribution in [3.05, 3.63) is 29.8 Å². The third kappa shape index (κ3) is 5.52. The van der Waals surface area contributed by atoms with Gasteiger partial charge >= 0.3 is 6.03 Å². The van der Waals surface area contributed by atoms with E-state index in [0.29, 0.717) is 25.7 Å². The highest BCUT2D eigenvalue weighted by Gasteiger charge is 2.34. The third-order valence-electron chi connectivity index (χ3n) is 8.51. The van der Waals surface area contributed by atoms with E-state index in [-0.39, 0.29) is 30.3 Å². The van der Waals surface area contributed by atoms with Crippen LogP contribution < -0.4 is 11.1 Å². The number of amides is 4. The van der Waals surface area contributed by atoms with Gasteiger partial charge in [0.05, 0.1) is 12.5 Å². The van der Waals surface area contributed by atoms with Crippen LogP contribution in [0.15, 0.2) is 24.3 Å². The van der Waals surface area contributed by atoms with Gasteiger partial charge < -0.3 is 30.7 Å². The summed E-state index contributed by atoms with van der Waals surface area (Å²) in [6.07, 6.45) is 7.39. The average Bonchev–Trinajstić information content (AvgIpc) is 2.93. The number of hydrogen-bond acceptors (Lipinski definition) is 5. The molecule has 3 saturated heterocycles. The van der Waals surface area contributed by atoms with E-state index in [0.717, 1.165) is 50.0 Å². The van der Waals surface area contributed by atoms with Gasteiger partial charge in [-0.2, -0.15) is 0 Å². The molecule has 3 fully saturated rings. The van der Waals surface area contributed by atoms with Gasteiger partial charge in [-0.1, -0.05) is 24.6 Å². The number of nitrogens with two attached hydrogens (primary N) is 1. The van der Waals surface area contributed by atoms with E-state index in [4.69, 9.17) is 5.73 Å². The molecule has 4 amide bonds. The van der Waals surface area contributed by atoms with Gasteiger partial charge in [0.15, 0.2) is 0 Å². The summed E-state index contributed by atoms with van der Waals surface area (Å²) >= 11 is 0. The molecule has 5 rings (SSSR count). The highest BCUT2D eigenvalue weighted by Crippen LogP contribution is 2.28. The van der Waals surface area contributed by atoms with E-state index in [1.807, 2.05) is 39.0 Å². The van der Waals surface area contributed by atoms with Crippen molar-refractivity contribution in [2.24, 2.45) is 5.73 Å². The van der Waals surface area contributed by atoms with E-state index >= 15 is 0 Å². The van der Waals surface area contributed by atoms with Crippen LogP contribution in [0.3, 0.4) is 0 Å². The number of urea groups is 1. The Morgan fingerprint density at radius 2 is 1.53 bits per heavy atom. The number of piperidine rings is 3. The lowest BCUT2D eigenvalue weighted by atomic mass is 9.98. The van der Waals surface area contributed by atoms with Crippen LogP contribution in [0.5, 0.6) is 0 Å². The van der Waals surface area contributed by atoms with Crippen molar-refractivity contribution >= 4 is 23.5 Å². The number of carbonyl (C=O) groups excluding carboxylic acids is 3. The molecule has 196 valence electrons. The van der Waals surface area contributed by atoms with Gasteiger partial charge in [-0.05, 0) is 63.2 Å². The zero-order valence-electron chi connectivity index (χ0n) is 21.2. The molecule has 9 nitrogen and oxygen atoms in total. The fourth-order valence-corrected chi connectivity index (χ4v) is 6.32. The van der Waals surface area contributed by atoms with E-state index < -0.39 is 6.04 Å². The molecule has 4 aliphatic heterocycles. The molecule has 1 unspecified atom stereocenters. The lowest BCUT2D eigenvalue weighted by molar-refractivity contribution is -0.140. The third-order valence-corrected chi connectivity index (χ3v) is 8.51. The number of nitrogens with one attached hydrogen (secondary N) is 1. The number of anilines is 1. The normalized spacial score (nSPS) is 23.2. The van der Waals surface area contributed by atoms with Gasteiger partial charge in [0, 0.05) is 50.5 Å². The molecule has 1 atom stereocenters. The Kier molecular flexibility index (Phi) is 7.76. The molecule has 1 aromatic carbocycles. The molecule has 0 aromatic heterocycles. The van der Waals surface area contributed by atoms with Crippen LogP contribution in [0.2, 0.25) is 0 Å². The summed E-state index contributed by atoms with van der Waals surface area (Å²) < 4.78 is 0. The molecular formula is C27H40N6O3. The summed E-state index contributed by atoms with van der Waals surface area (Å²) in [7, 11) is 0. The van der Waals surface area contributed by atoms with E-state index in [1.165, 1.54) is 32.4 Å². The minimum atomic E-state index is -0.786. The number of hydrogen-bond donors (Lipinski definition) is 2. The smallest absolute Gasteiger partial charge is 0.322 e. The lowest BCUT2D eigenvalue weighted by Gasteiger charge is -2.41. The molecule has 4 aliphatic rings. The summed E-state index contributed by atoms with van der Waals surface area (Å²) in [5.74, 6) is -0.162. The molecule has 0 aliphatic carbocycles. The number of likely N-dealkylation sites (tertiary alicyclic amines) is 3. The first kappa shape index (κ1) is 25.0. The van der Waals surface area contributed by atoms with Gasteiger partial charge in [-0.15, -0.1) is 0 Å². The number of nitrogens with zero attached hydrogens (tertiary/aromatic N) is 4. The standard InChI is InChI=1S/C27H40N6O3/c28-23(26(35)32-16-8-21(9-17-32)30-12-4-1-5-13-30)18-25(34)31-14-10-22(11-15-31)33-19-20-6-2-3-7-24(20)29-27(33)36/h2-3,6-7,21-23H,1,4-5,8-19,28H2,(H,29,36). The maximum atomic E-state index is 13.0. The minimum Gasteiger partial charge on any atom is -0.342 e. The van der Waals surface area contributed by atoms with Crippen LogP contribution in [0.1, 0.15) is 56.9 Å². The first-order valence-electron chi connectivity index (χ1n) is 13.7. The van der Waals surface area contributed by atoms with Crippen molar-refractivity contribution in [2.75, 3.05) is 44.6 Å². The Morgan fingerprint density at radius 3 is 2.25 bits per heavy atom. The number of fused-ring (bicyclic) bond motifs is 1. The first-order valence-corrected chi connectivity index (χ1v) is 13.7. The van der Waals surface area contributed by atoms with Crippen molar-refractivity contribution in [1.29, 1.82) is 0 Å². The van der Waals surface area contributed by atoms with Crippen molar-refractivity contribution in [2.45, 2.75) is 76.0 Å². The summed E-state index contributed by atoms with van der Waals surface area (Å²) in [6.45, 7) is 5.57. The second-order valence-electron chi connectivity index (χ2n) is 10.8. The summed E-state index contributed by atoms with van der Waals surface area (Å²) in [4.78, 5) is 46.7. The van der Waals surface area contributed by atoms with Crippen molar-refractivity contribution < 1.29 is 14.4 Å². The Bertz CT molecular complexity index is 949. The number of para-hydroxylation sites is 1. The van der Waals surface area contributed by atoms with Gasteiger partial charge in [0.25, 0.3) is 0 Å².